The third kappa shape index (κ3) is 1.93. The Balaban J connectivity index is 2.63. The van der Waals surface area contributed by atoms with Gasteiger partial charge in [-0.3, -0.25) is 0 Å². The van der Waals surface area contributed by atoms with Crippen LogP contribution in [0.3, 0.4) is 0 Å². The summed E-state index contributed by atoms with van der Waals surface area (Å²) < 4.78 is 7.42. The lowest BCUT2D eigenvalue weighted by Gasteiger charge is -2.12. The summed E-state index contributed by atoms with van der Waals surface area (Å²) in [6.45, 7) is 2.07. The minimum atomic E-state index is 0.239. The van der Waals surface area contributed by atoms with Crippen LogP contribution in [-0.2, 0) is 11.8 Å². The second kappa shape index (κ2) is 4.62. The average Bonchev–Trinajstić information content (AvgIpc) is 2.71. The average molecular weight is 231 g/mol. The number of carbonyl (C=O) groups is 1. The van der Waals surface area contributed by atoms with E-state index in [1.807, 2.05) is 23.9 Å². The van der Waals surface area contributed by atoms with E-state index in [1.165, 1.54) is 10.9 Å². The normalized spacial score (nSPS) is 12.6. The fourth-order valence-corrected chi connectivity index (χ4v) is 2.27. The van der Waals surface area contributed by atoms with E-state index in [1.54, 1.807) is 7.11 Å². The fourth-order valence-electron chi connectivity index (χ4n) is 2.27. The quantitative estimate of drug-likeness (QED) is 0.758. The minimum absolute atomic E-state index is 0.239. The molecule has 0 aliphatic carbocycles. The van der Waals surface area contributed by atoms with Gasteiger partial charge in [-0.2, -0.15) is 0 Å². The largest absolute Gasteiger partial charge is 0.495 e. The summed E-state index contributed by atoms with van der Waals surface area (Å²) in [5, 5.41) is 1.17. The summed E-state index contributed by atoms with van der Waals surface area (Å²) in [5.41, 5.74) is 2.29. The van der Waals surface area contributed by atoms with Gasteiger partial charge in [0.25, 0.3) is 0 Å². The maximum absolute atomic E-state index is 10.6. The maximum atomic E-state index is 10.6. The predicted molar refractivity (Wildman–Crippen MR) is 68.6 cm³/mol. The number of ether oxygens (including phenoxy) is 1. The summed E-state index contributed by atoms with van der Waals surface area (Å²) in [4.78, 5) is 10.6. The number of fused-ring (bicyclic) bond motifs is 1. The van der Waals surface area contributed by atoms with Gasteiger partial charge in [-0.25, -0.2) is 0 Å². The standard InChI is InChI=1S/C14H17NO2/c1-10(7-9-16)11-4-5-13(17-3)14-12(11)6-8-15(14)2/h4-6,8-10H,7H2,1-3H3. The van der Waals surface area contributed by atoms with Gasteiger partial charge in [0, 0.05) is 25.1 Å². The number of hydrogen-bond acceptors (Lipinski definition) is 2. The Labute approximate surface area is 101 Å². The molecule has 0 aliphatic rings. The molecule has 2 aromatic rings. The highest BCUT2D eigenvalue weighted by atomic mass is 16.5. The molecule has 0 fully saturated rings. The van der Waals surface area contributed by atoms with E-state index in [0.29, 0.717) is 6.42 Å². The third-order valence-corrected chi connectivity index (χ3v) is 3.23. The lowest BCUT2D eigenvalue weighted by atomic mass is 9.95. The van der Waals surface area contributed by atoms with Crippen LogP contribution in [0.5, 0.6) is 5.75 Å². The Bertz CT molecular complexity index is 542. The molecule has 1 aromatic heterocycles. The Kier molecular flexibility index (Phi) is 3.18. The molecular weight excluding hydrogens is 214 g/mol. The van der Waals surface area contributed by atoms with Crippen molar-refractivity contribution in [2.45, 2.75) is 19.3 Å². The topological polar surface area (TPSA) is 31.2 Å². The number of carbonyl (C=O) groups excluding carboxylic acids is 1. The van der Waals surface area contributed by atoms with Crippen molar-refractivity contribution in [3.63, 3.8) is 0 Å². The van der Waals surface area contributed by atoms with Crippen molar-refractivity contribution in [2.24, 2.45) is 7.05 Å². The molecule has 3 heteroatoms. The molecular formula is C14H17NO2. The first-order valence-electron chi connectivity index (χ1n) is 5.74. The van der Waals surface area contributed by atoms with Gasteiger partial charge in [0.2, 0.25) is 0 Å². The SMILES string of the molecule is COc1ccc(C(C)CC=O)c2ccn(C)c12. The molecule has 1 aromatic carbocycles. The number of hydrogen-bond donors (Lipinski definition) is 0. The summed E-state index contributed by atoms with van der Waals surface area (Å²) in [6, 6.07) is 6.10. The van der Waals surface area contributed by atoms with Crippen LogP contribution in [0.15, 0.2) is 24.4 Å². The van der Waals surface area contributed by atoms with Gasteiger partial charge < -0.3 is 14.1 Å². The van der Waals surface area contributed by atoms with Gasteiger partial charge in [0.05, 0.1) is 12.6 Å². The van der Waals surface area contributed by atoms with Crippen molar-refractivity contribution in [2.75, 3.05) is 7.11 Å². The van der Waals surface area contributed by atoms with Gasteiger partial charge in [-0.15, -0.1) is 0 Å². The monoisotopic (exact) mass is 231 g/mol. The van der Waals surface area contributed by atoms with Crippen LogP contribution in [0.4, 0.5) is 0 Å². The highest BCUT2D eigenvalue weighted by molar-refractivity contribution is 5.89. The number of nitrogens with zero attached hydrogens (tertiary/aromatic N) is 1. The molecule has 1 heterocycles. The van der Waals surface area contributed by atoms with Crippen molar-refractivity contribution in [3.8, 4) is 5.75 Å². The second-order valence-electron chi connectivity index (χ2n) is 4.35. The Morgan fingerprint density at radius 1 is 1.41 bits per heavy atom. The van der Waals surface area contributed by atoms with Gasteiger partial charge in [-0.05, 0) is 23.6 Å². The molecule has 1 atom stereocenters. The van der Waals surface area contributed by atoms with Crippen LogP contribution >= 0.6 is 0 Å². The van der Waals surface area contributed by atoms with Crippen LogP contribution in [0.2, 0.25) is 0 Å². The Morgan fingerprint density at radius 2 is 2.18 bits per heavy atom. The van der Waals surface area contributed by atoms with Gasteiger partial charge in [-0.1, -0.05) is 13.0 Å². The zero-order chi connectivity index (χ0) is 12.4. The van der Waals surface area contributed by atoms with Crippen molar-refractivity contribution in [1.82, 2.24) is 4.57 Å². The number of aryl methyl sites for hydroxylation is 1. The van der Waals surface area contributed by atoms with Crippen molar-refractivity contribution < 1.29 is 9.53 Å². The number of benzene rings is 1. The summed E-state index contributed by atoms with van der Waals surface area (Å²) in [6.07, 6.45) is 3.55. The number of rotatable bonds is 4. The lowest BCUT2D eigenvalue weighted by molar-refractivity contribution is -0.108. The molecule has 0 radical (unpaired) electrons. The van der Waals surface area contributed by atoms with E-state index in [4.69, 9.17) is 4.74 Å². The van der Waals surface area contributed by atoms with Crippen LogP contribution in [-0.4, -0.2) is 18.0 Å². The lowest BCUT2D eigenvalue weighted by Crippen LogP contribution is -1.97. The second-order valence-corrected chi connectivity index (χ2v) is 4.35. The van der Waals surface area contributed by atoms with E-state index in [2.05, 4.69) is 19.1 Å². The van der Waals surface area contributed by atoms with Gasteiger partial charge in [0.15, 0.2) is 0 Å². The zero-order valence-electron chi connectivity index (χ0n) is 10.4. The van der Waals surface area contributed by atoms with E-state index in [0.717, 1.165) is 17.6 Å². The first-order valence-corrected chi connectivity index (χ1v) is 5.74. The first-order chi connectivity index (χ1) is 8.19. The zero-order valence-corrected chi connectivity index (χ0v) is 10.4. The molecule has 0 saturated heterocycles. The van der Waals surface area contributed by atoms with Crippen molar-refractivity contribution in [3.05, 3.63) is 30.0 Å². The van der Waals surface area contributed by atoms with Crippen LogP contribution in [0.25, 0.3) is 10.9 Å². The molecule has 0 spiro atoms. The molecule has 0 aliphatic heterocycles. The van der Waals surface area contributed by atoms with Gasteiger partial charge in [0.1, 0.15) is 12.0 Å². The summed E-state index contributed by atoms with van der Waals surface area (Å²) in [7, 11) is 3.68. The molecule has 3 nitrogen and oxygen atoms in total. The molecule has 0 N–H and O–H groups in total. The summed E-state index contributed by atoms with van der Waals surface area (Å²) in [5.74, 6) is 1.11. The van der Waals surface area contributed by atoms with E-state index < -0.39 is 0 Å². The van der Waals surface area contributed by atoms with Crippen LogP contribution in [0.1, 0.15) is 24.8 Å². The minimum Gasteiger partial charge on any atom is -0.495 e. The Morgan fingerprint density at radius 3 is 2.82 bits per heavy atom. The van der Waals surface area contributed by atoms with Crippen LogP contribution in [0, 0.1) is 0 Å². The summed E-state index contributed by atoms with van der Waals surface area (Å²) >= 11 is 0. The van der Waals surface area contributed by atoms with Gasteiger partial charge >= 0.3 is 0 Å². The van der Waals surface area contributed by atoms with E-state index in [-0.39, 0.29) is 5.92 Å². The molecule has 90 valence electrons. The molecule has 0 bridgehead atoms. The van der Waals surface area contributed by atoms with Crippen molar-refractivity contribution >= 4 is 17.2 Å². The third-order valence-electron chi connectivity index (χ3n) is 3.23. The smallest absolute Gasteiger partial charge is 0.143 e. The van der Waals surface area contributed by atoms with Crippen LogP contribution < -0.4 is 4.74 Å². The van der Waals surface area contributed by atoms with Crippen molar-refractivity contribution in [1.29, 1.82) is 0 Å². The maximum Gasteiger partial charge on any atom is 0.143 e. The number of aromatic nitrogens is 1. The number of aldehydes is 1. The number of methoxy groups -OCH3 is 1. The molecule has 17 heavy (non-hydrogen) atoms. The fraction of sp³-hybridized carbons (Fsp3) is 0.357. The molecule has 0 saturated carbocycles. The molecule has 2 rings (SSSR count). The first kappa shape index (κ1) is 11.7. The highest BCUT2D eigenvalue weighted by Crippen LogP contribution is 2.33. The van der Waals surface area contributed by atoms with E-state index in [9.17, 15) is 4.79 Å². The molecule has 1 unspecified atom stereocenters. The predicted octanol–water partition coefficient (Wildman–Crippen LogP) is 2.88. The van der Waals surface area contributed by atoms with E-state index >= 15 is 0 Å². The highest BCUT2D eigenvalue weighted by Gasteiger charge is 2.13. The Hall–Kier alpha value is -1.77. The molecule has 0 amide bonds.